The van der Waals surface area contributed by atoms with E-state index in [1.54, 1.807) is 0 Å². The van der Waals surface area contributed by atoms with Gasteiger partial charge in [-0.15, -0.1) is 0 Å². The van der Waals surface area contributed by atoms with Gasteiger partial charge < -0.3 is 4.98 Å². The number of benzene rings is 1. The fourth-order valence-corrected chi connectivity index (χ4v) is 2.14. The number of hydrogen-bond acceptors (Lipinski definition) is 1. The van der Waals surface area contributed by atoms with Crippen LogP contribution in [0, 0.1) is 0 Å². The molecule has 2 rings (SSSR count). The molecule has 0 bridgehead atoms. The highest BCUT2D eigenvalue weighted by Crippen LogP contribution is 2.23. The van der Waals surface area contributed by atoms with Crippen molar-refractivity contribution in [2.75, 3.05) is 0 Å². The maximum absolute atomic E-state index is 11.0. The predicted molar refractivity (Wildman–Crippen MR) is 66.9 cm³/mol. The highest BCUT2D eigenvalue weighted by Gasteiger charge is 2.09. The van der Waals surface area contributed by atoms with Gasteiger partial charge in [-0.1, -0.05) is 38.0 Å². The minimum Gasteiger partial charge on any atom is -0.352 e. The SMILES string of the molecule is CCCCCc1c(C=O)[nH]c2ccccc12. The van der Waals surface area contributed by atoms with Gasteiger partial charge in [0.05, 0.1) is 5.69 Å². The topological polar surface area (TPSA) is 32.9 Å². The lowest BCUT2D eigenvalue weighted by Gasteiger charge is -1.99. The van der Waals surface area contributed by atoms with Crippen LogP contribution >= 0.6 is 0 Å². The van der Waals surface area contributed by atoms with Crippen molar-refractivity contribution in [3.8, 4) is 0 Å². The number of unbranched alkanes of at least 4 members (excludes halogenated alkanes) is 2. The molecular weight excluding hydrogens is 198 g/mol. The van der Waals surface area contributed by atoms with Gasteiger partial charge in [0.15, 0.2) is 6.29 Å². The zero-order chi connectivity index (χ0) is 11.4. The molecule has 0 spiro atoms. The van der Waals surface area contributed by atoms with Gasteiger partial charge in [0.25, 0.3) is 0 Å². The highest BCUT2D eigenvalue weighted by atomic mass is 16.1. The van der Waals surface area contributed by atoms with Crippen LogP contribution in [0.4, 0.5) is 0 Å². The van der Waals surface area contributed by atoms with E-state index in [0.29, 0.717) is 0 Å². The summed E-state index contributed by atoms with van der Waals surface area (Å²) in [4.78, 5) is 14.2. The van der Waals surface area contributed by atoms with E-state index in [1.165, 1.54) is 23.8 Å². The van der Waals surface area contributed by atoms with E-state index in [9.17, 15) is 4.79 Å². The number of fused-ring (bicyclic) bond motifs is 1. The van der Waals surface area contributed by atoms with Gasteiger partial charge in [-0.2, -0.15) is 0 Å². The van der Waals surface area contributed by atoms with Crippen molar-refractivity contribution in [3.05, 3.63) is 35.5 Å². The normalized spacial score (nSPS) is 10.8. The molecular formula is C14H17NO. The van der Waals surface area contributed by atoms with Crippen LogP contribution in [0.5, 0.6) is 0 Å². The summed E-state index contributed by atoms with van der Waals surface area (Å²) < 4.78 is 0. The predicted octanol–water partition coefficient (Wildman–Crippen LogP) is 3.71. The van der Waals surface area contributed by atoms with Gasteiger partial charge >= 0.3 is 0 Å². The number of aldehydes is 1. The summed E-state index contributed by atoms with van der Waals surface area (Å²) in [7, 11) is 0. The lowest BCUT2D eigenvalue weighted by molar-refractivity contribution is 0.111. The molecule has 2 nitrogen and oxygen atoms in total. The number of aromatic amines is 1. The van der Waals surface area contributed by atoms with E-state index in [1.807, 2.05) is 18.2 Å². The third kappa shape index (κ3) is 2.01. The molecule has 16 heavy (non-hydrogen) atoms. The molecule has 2 heteroatoms. The van der Waals surface area contributed by atoms with Gasteiger partial charge in [-0.25, -0.2) is 0 Å². The Hall–Kier alpha value is -1.57. The fraction of sp³-hybridized carbons (Fsp3) is 0.357. The quantitative estimate of drug-likeness (QED) is 0.598. The Morgan fingerprint density at radius 2 is 2.06 bits per heavy atom. The fourth-order valence-electron chi connectivity index (χ4n) is 2.14. The molecule has 0 amide bonds. The Bertz CT molecular complexity index is 484. The number of aryl methyl sites for hydroxylation is 1. The first-order valence-electron chi connectivity index (χ1n) is 5.91. The summed E-state index contributed by atoms with van der Waals surface area (Å²) in [5.74, 6) is 0. The summed E-state index contributed by atoms with van der Waals surface area (Å²) in [6.45, 7) is 2.19. The average Bonchev–Trinajstić information content (AvgIpc) is 2.68. The molecule has 0 atom stereocenters. The number of carbonyl (C=O) groups is 1. The minimum absolute atomic E-state index is 0.748. The Balaban J connectivity index is 2.35. The van der Waals surface area contributed by atoms with Gasteiger partial charge in [0, 0.05) is 10.9 Å². The first-order chi connectivity index (χ1) is 7.86. The van der Waals surface area contributed by atoms with E-state index in [0.717, 1.165) is 30.3 Å². The third-order valence-electron chi connectivity index (χ3n) is 2.99. The number of rotatable bonds is 5. The monoisotopic (exact) mass is 215 g/mol. The van der Waals surface area contributed by atoms with Crippen LogP contribution in [0.3, 0.4) is 0 Å². The minimum atomic E-state index is 0.748. The Morgan fingerprint density at radius 1 is 1.25 bits per heavy atom. The van der Waals surface area contributed by atoms with Gasteiger partial charge in [0.2, 0.25) is 0 Å². The maximum atomic E-state index is 11.0. The molecule has 0 saturated carbocycles. The van der Waals surface area contributed by atoms with E-state index in [2.05, 4.69) is 18.0 Å². The van der Waals surface area contributed by atoms with Crippen molar-refractivity contribution in [1.29, 1.82) is 0 Å². The second-order valence-corrected chi connectivity index (χ2v) is 4.14. The molecule has 1 aromatic carbocycles. The second kappa shape index (κ2) is 4.97. The molecule has 0 unspecified atom stereocenters. The first kappa shape index (κ1) is 10.9. The smallest absolute Gasteiger partial charge is 0.166 e. The van der Waals surface area contributed by atoms with Crippen LogP contribution in [0.2, 0.25) is 0 Å². The number of carbonyl (C=O) groups excluding carboxylic acids is 1. The lowest BCUT2D eigenvalue weighted by atomic mass is 10.0. The molecule has 0 fully saturated rings. The summed E-state index contributed by atoms with van der Waals surface area (Å²) in [6.07, 6.45) is 5.50. The zero-order valence-electron chi connectivity index (χ0n) is 9.62. The lowest BCUT2D eigenvalue weighted by Crippen LogP contribution is -1.90. The van der Waals surface area contributed by atoms with Crippen LogP contribution in [-0.4, -0.2) is 11.3 Å². The number of nitrogens with one attached hydrogen (secondary N) is 1. The van der Waals surface area contributed by atoms with Crippen LogP contribution in [0.15, 0.2) is 24.3 Å². The molecule has 0 aliphatic carbocycles. The second-order valence-electron chi connectivity index (χ2n) is 4.14. The molecule has 0 aliphatic heterocycles. The number of hydrogen-bond donors (Lipinski definition) is 1. The summed E-state index contributed by atoms with van der Waals surface area (Å²) in [5, 5.41) is 1.20. The number of aromatic nitrogens is 1. The third-order valence-corrected chi connectivity index (χ3v) is 2.99. The van der Waals surface area contributed by atoms with Crippen molar-refractivity contribution < 1.29 is 4.79 Å². The summed E-state index contributed by atoms with van der Waals surface area (Å²) >= 11 is 0. The first-order valence-corrected chi connectivity index (χ1v) is 5.91. The van der Waals surface area contributed by atoms with E-state index < -0.39 is 0 Å². The van der Waals surface area contributed by atoms with Crippen LogP contribution in [0.25, 0.3) is 10.9 Å². The maximum Gasteiger partial charge on any atom is 0.166 e. The molecule has 0 aliphatic rings. The molecule has 1 N–H and O–H groups in total. The number of H-pyrrole nitrogens is 1. The van der Waals surface area contributed by atoms with Crippen molar-refractivity contribution in [2.24, 2.45) is 0 Å². The van der Waals surface area contributed by atoms with Crippen molar-refractivity contribution in [1.82, 2.24) is 4.98 Å². The van der Waals surface area contributed by atoms with E-state index >= 15 is 0 Å². The van der Waals surface area contributed by atoms with Gasteiger partial charge in [-0.3, -0.25) is 4.79 Å². The van der Waals surface area contributed by atoms with Crippen LogP contribution < -0.4 is 0 Å². The molecule has 0 saturated heterocycles. The highest BCUT2D eigenvalue weighted by molar-refractivity contribution is 5.92. The van der Waals surface area contributed by atoms with E-state index in [4.69, 9.17) is 0 Å². The van der Waals surface area contributed by atoms with Crippen LogP contribution in [0.1, 0.15) is 42.2 Å². The van der Waals surface area contributed by atoms with Gasteiger partial charge in [-0.05, 0) is 24.5 Å². The molecule has 1 heterocycles. The van der Waals surface area contributed by atoms with Crippen LogP contribution in [-0.2, 0) is 6.42 Å². The van der Waals surface area contributed by atoms with Crippen molar-refractivity contribution >= 4 is 17.2 Å². The molecule has 2 aromatic rings. The van der Waals surface area contributed by atoms with E-state index in [-0.39, 0.29) is 0 Å². The standard InChI is InChI=1S/C14H17NO/c1-2-3-4-7-12-11-8-5-6-9-13(11)15-14(12)10-16/h5-6,8-10,15H,2-4,7H2,1H3. The summed E-state index contributed by atoms with van der Waals surface area (Å²) in [5.41, 5.74) is 2.99. The molecule has 1 aromatic heterocycles. The Morgan fingerprint density at radius 3 is 2.81 bits per heavy atom. The molecule has 0 radical (unpaired) electrons. The molecule has 84 valence electrons. The summed E-state index contributed by atoms with van der Waals surface area (Å²) in [6, 6.07) is 8.11. The Labute approximate surface area is 95.7 Å². The van der Waals surface area contributed by atoms with Crippen molar-refractivity contribution in [2.45, 2.75) is 32.6 Å². The largest absolute Gasteiger partial charge is 0.352 e. The number of para-hydroxylation sites is 1. The zero-order valence-corrected chi connectivity index (χ0v) is 9.62. The average molecular weight is 215 g/mol. The van der Waals surface area contributed by atoms with Crippen molar-refractivity contribution in [3.63, 3.8) is 0 Å². The Kier molecular flexibility index (Phi) is 3.40. The van der Waals surface area contributed by atoms with Gasteiger partial charge in [0.1, 0.15) is 0 Å².